The van der Waals surface area contributed by atoms with E-state index in [4.69, 9.17) is 4.74 Å². The average Bonchev–Trinajstić information content (AvgIpc) is 2.72. The zero-order chi connectivity index (χ0) is 25.2. The molecule has 0 spiro atoms. The largest absolute Gasteiger partial charge is 0.495 e. The minimum atomic E-state index is -5.09. The molecular formula is C20H20F6N2O4S. The van der Waals surface area contributed by atoms with Crippen LogP contribution in [0.15, 0.2) is 41.3 Å². The van der Waals surface area contributed by atoms with Gasteiger partial charge in [-0.3, -0.25) is 4.79 Å². The molecule has 1 amide bonds. The quantitative estimate of drug-likeness (QED) is 0.545. The molecule has 33 heavy (non-hydrogen) atoms. The summed E-state index contributed by atoms with van der Waals surface area (Å²) in [6.45, 7) is 3.41. The number of rotatable bonds is 7. The molecule has 2 aromatic rings. The Balaban J connectivity index is 2.52. The number of hydrogen-bond donors (Lipinski definition) is 1. The maximum atomic E-state index is 13.0. The number of alkyl halides is 6. The number of benzene rings is 2. The second-order valence-corrected chi connectivity index (χ2v) is 8.61. The summed E-state index contributed by atoms with van der Waals surface area (Å²) < 4.78 is 110. The van der Waals surface area contributed by atoms with Crippen LogP contribution < -0.4 is 10.1 Å². The molecule has 1 N–H and O–H groups in total. The number of anilines is 1. The molecule has 0 atom stereocenters. The van der Waals surface area contributed by atoms with Gasteiger partial charge in [0.05, 0.1) is 18.2 Å². The number of sulfonamides is 1. The number of halogens is 6. The smallest absolute Gasteiger partial charge is 0.416 e. The van der Waals surface area contributed by atoms with E-state index in [2.05, 4.69) is 0 Å². The standard InChI is InChI=1S/C20H20F6N2O4S/c1-4-28(5-2)33(30,31)17-8-12(6-7-16(17)32-3)18(29)27-15-10-13(19(21,22)23)9-14(11-15)20(24,25)26/h6-11H,4-5H2,1-3H3,(H,27,29). The molecule has 0 heterocycles. The van der Waals surface area contributed by atoms with E-state index in [1.807, 2.05) is 5.32 Å². The SMILES string of the molecule is CCN(CC)S(=O)(=O)c1cc(C(=O)Nc2cc(C(F)(F)F)cc(C(F)(F)F)c2)ccc1OC. The van der Waals surface area contributed by atoms with Gasteiger partial charge in [0, 0.05) is 24.3 Å². The van der Waals surface area contributed by atoms with Crippen LogP contribution in [0.3, 0.4) is 0 Å². The van der Waals surface area contributed by atoms with Gasteiger partial charge in [-0.25, -0.2) is 8.42 Å². The Hall–Kier alpha value is -2.80. The monoisotopic (exact) mass is 498 g/mol. The third kappa shape index (κ3) is 5.96. The minimum absolute atomic E-state index is 0.0716. The van der Waals surface area contributed by atoms with E-state index in [0.717, 1.165) is 16.4 Å². The number of nitrogens with zero attached hydrogens (tertiary/aromatic N) is 1. The second kappa shape index (κ2) is 9.59. The third-order valence-corrected chi connectivity index (χ3v) is 6.67. The second-order valence-electron chi connectivity index (χ2n) is 6.70. The van der Waals surface area contributed by atoms with Gasteiger partial charge < -0.3 is 10.1 Å². The van der Waals surface area contributed by atoms with E-state index >= 15 is 0 Å². The third-order valence-electron chi connectivity index (χ3n) is 4.59. The maximum Gasteiger partial charge on any atom is 0.416 e. The molecule has 0 bridgehead atoms. The van der Waals surface area contributed by atoms with Crippen LogP contribution in [0.25, 0.3) is 0 Å². The number of carbonyl (C=O) groups is 1. The van der Waals surface area contributed by atoms with Crippen molar-refractivity contribution in [2.45, 2.75) is 31.1 Å². The highest BCUT2D eigenvalue weighted by molar-refractivity contribution is 7.89. The summed E-state index contributed by atoms with van der Waals surface area (Å²) in [5, 5.41) is 1.97. The van der Waals surface area contributed by atoms with E-state index in [0.29, 0.717) is 12.1 Å². The number of hydrogen-bond acceptors (Lipinski definition) is 4. The van der Waals surface area contributed by atoms with Crippen molar-refractivity contribution in [1.29, 1.82) is 0 Å². The molecule has 0 radical (unpaired) electrons. The molecule has 0 saturated heterocycles. The van der Waals surface area contributed by atoms with Crippen molar-refractivity contribution in [1.82, 2.24) is 4.31 Å². The minimum Gasteiger partial charge on any atom is -0.495 e. The number of amides is 1. The maximum absolute atomic E-state index is 13.0. The summed E-state index contributed by atoms with van der Waals surface area (Å²) in [5.41, 5.74) is -4.28. The molecule has 0 aliphatic heterocycles. The Bertz CT molecular complexity index is 1090. The highest BCUT2D eigenvalue weighted by atomic mass is 32.2. The van der Waals surface area contributed by atoms with Crippen LogP contribution in [-0.4, -0.2) is 38.8 Å². The Morgan fingerprint density at radius 3 is 1.88 bits per heavy atom. The highest BCUT2D eigenvalue weighted by Crippen LogP contribution is 2.37. The predicted molar refractivity (Wildman–Crippen MR) is 108 cm³/mol. The Morgan fingerprint density at radius 1 is 0.939 bits per heavy atom. The van der Waals surface area contributed by atoms with Gasteiger partial charge in [-0.1, -0.05) is 13.8 Å². The van der Waals surface area contributed by atoms with E-state index in [-0.39, 0.29) is 35.4 Å². The van der Waals surface area contributed by atoms with Crippen LogP contribution in [0.1, 0.15) is 35.3 Å². The van der Waals surface area contributed by atoms with Crippen LogP contribution in [0.2, 0.25) is 0 Å². The molecule has 0 fully saturated rings. The summed E-state index contributed by atoms with van der Waals surface area (Å²) >= 11 is 0. The Labute approximate surface area is 186 Å². The molecule has 2 aromatic carbocycles. The van der Waals surface area contributed by atoms with E-state index < -0.39 is 45.1 Å². The zero-order valence-electron chi connectivity index (χ0n) is 17.6. The number of ether oxygens (including phenoxy) is 1. The van der Waals surface area contributed by atoms with Crippen LogP contribution in [0.5, 0.6) is 5.75 Å². The molecule has 0 unspecified atom stereocenters. The van der Waals surface area contributed by atoms with Gasteiger partial charge in [0.15, 0.2) is 0 Å². The van der Waals surface area contributed by atoms with Crippen LogP contribution >= 0.6 is 0 Å². The van der Waals surface area contributed by atoms with Gasteiger partial charge in [-0.15, -0.1) is 0 Å². The lowest BCUT2D eigenvalue weighted by atomic mass is 10.1. The first kappa shape index (κ1) is 26.5. The van der Waals surface area contributed by atoms with Crippen LogP contribution in [-0.2, 0) is 22.4 Å². The fourth-order valence-electron chi connectivity index (χ4n) is 2.95. The normalized spacial score (nSPS) is 12.7. The van der Waals surface area contributed by atoms with Crippen molar-refractivity contribution in [2.24, 2.45) is 0 Å². The highest BCUT2D eigenvalue weighted by Gasteiger charge is 2.37. The van der Waals surface area contributed by atoms with Gasteiger partial charge >= 0.3 is 12.4 Å². The lowest BCUT2D eigenvalue weighted by Gasteiger charge is -2.20. The average molecular weight is 498 g/mol. The lowest BCUT2D eigenvalue weighted by Crippen LogP contribution is -2.31. The molecule has 0 aliphatic rings. The molecule has 0 saturated carbocycles. The first-order chi connectivity index (χ1) is 15.1. The van der Waals surface area contributed by atoms with Crippen molar-refractivity contribution >= 4 is 21.6 Å². The van der Waals surface area contributed by atoms with Crippen LogP contribution in [0, 0.1) is 0 Å². The topological polar surface area (TPSA) is 75.7 Å². The summed E-state index contributed by atoms with van der Waals surface area (Å²) in [6.07, 6.45) is -10.2. The molecule has 13 heteroatoms. The Kier molecular flexibility index (Phi) is 7.69. The van der Waals surface area contributed by atoms with Crippen molar-refractivity contribution in [2.75, 3.05) is 25.5 Å². The van der Waals surface area contributed by atoms with Gasteiger partial charge in [0.1, 0.15) is 10.6 Å². The van der Waals surface area contributed by atoms with Crippen molar-refractivity contribution in [3.63, 3.8) is 0 Å². The fraction of sp³-hybridized carbons (Fsp3) is 0.350. The number of nitrogens with one attached hydrogen (secondary N) is 1. The summed E-state index contributed by atoms with van der Waals surface area (Å²) in [7, 11) is -2.89. The van der Waals surface area contributed by atoms with E-state index in [9.17, 15) is 39.6 Å². The van der Waals surface area contributed by atoms with Crippen molar-refractivity contribution < 1.29 is 44.3 Å². The van der Waals surface area contributed by atoms with Gasteiger partial charge in [-0.05, 0) is 36.4 Å². The Morgan fingerprint density at radius 2 is 1.45 bits per heavy atom. The molecular weight excluding hydrogens is 478 g/mol. The van der Waals surface area contributed by atoms with Gasteiger partial charge in [0.25, 0.3) is 5.91 Å². The first-order valence-electron chi connectivity index (χ1n) is 9.44. The number of carbonyl (C=O) groups excluding carboxylic acids is 1. The first-order valence-corrected chi connectivity index (χ1v) is 10.9. The summed E-state index contributed by atoms with van der Waals surface area (Å²) in [4.78, 5) is 12.2. The van der Waals surface area contributed by atoms with E-state index in [1.54, 1.807) is 13.8 Å². The zero-order valence-corrected chi connectivity index (χ0v) is 18.5. The van der Waals surface area contributed by atoms with Crippen molar-refractivity contribution in [3.8, 4) is 5.75 Å². The van der Waals surface area contributed by atoms with E-state index in [1.165, 1.54) is 13.2 Å². The fourth-order valence-corrected chi connectivity index (χ4v) is 4.59. The summed E-state index contributed by atoms with van der Waals surface area (Å²) in [5.74, 6) is -1.20. The van der Waals surface area contributed by atoms with Crippen molar-refractivity contribution in [3.05, 3.63) is 53.1 Å². The molecule has 0 aromatic heterocycles. The summed E-state index contributed by atoms with van der Waals surface area (Å²) in [6, 6.07) is 3.87. The van der Waals surface area contributed by atoms with Gasteiger partial charge in [-0.2, -0.15) is 30.6 Å². The lowest BCUT2D eigenvalue weighted by molar-refractivity contribution is -0.143. The molecule has 0 aliphatic carbocycles. The van der Waals surface area contributed by atoms with Gasteiger partial charge in [0.2, 0.25) is 10.0 Å². The molecule has 2 rings (SSSR count). The number of methoxy groups -OCH3 is 1. The van der Waals surface area contributed by atoms with Crippen LogP contribution in [0.4, 0.5) is 32.0 Å². The molecule has 182 valence electrons. The molecule has 6 nitrogen and oxygen atoms in total. The predicted octanol–water partition coefficient (Wildman–Crippen LogP) is 5.02.